The lowest BCUT2D eigenvalue weighted by molar-refractivity contribution is -0.0440. The van der Waals surface area contributed by atoms with Crippen molar-refractivity contribution in [1.29, 1.82) is 0 Å². The first kappa shape index (κ1) is 21.5. The maximum atomic E-state index is 15.1. The van der Waals surface area contributed by atoms with Crippen molar-refractivity contribution in [2.24, 2.45) is 29.6 Å². The minimum Gasteiger partial charge on any atom is -0.381 e. The van der Waals surface area contributed by atoms with Crippen molar-refractivity contribution >= 4 is 0 Å². The molecular formula is C24H42F2O. The van der Waals surface area contributed by atoms with Crippen LogP contribution in [0.15, 0.2) is 0 Å². The molecular weight excluding hydrogens is 342 g/mol. The van der Waals surface area contributed by atoms with Crippen molar-refractivity contribution in [3.63, 3.8) is 0 Å². The lowest BCUT2D eigenvalue weighted by atomic mass is 9.64. The van der Waals surface area contributed by atoms with Gasteiger partial charge in [0.1, 0.15) is 12.3 Å². The lowest BCUT2D eigenvalue weighted by Crippen LogP contribution is -2.45. The molecule has 3 saturated carbocycles. The van der Waals surface area contributed by atoms with Crippen molar-refractivity contribution in [2.45, 2.75) is 115 Å². The molecule has 3 heteroatoms. The summed E-state index contributed by atoms with van der Waals surface area (Å²) >= 11 is 0. The van der Waals surface area contributed by atoms with E-state index in [1.54, 1.807) is 7.11 Å². The molecule has 0 aromatic carbocycles. The predicted molar refractivity (Wildman–Crippen MR) is 108 cm³/mol. The van der Waals surface area contributed by atoms with Crippen molar-refractivity contribution in [3.8, 4) is 0 Å². The van der Waals surface area contributed by atoms with Gasteiger partial charge in [0.15, 0.2) is 0 Å². The first-order chi connectivity index (χ1) is 13.1. The van der Waals surface area contributed by atoms with E-state index >= 15 is 8.78 Å². The minimum atomic E-state index is -1.23. The lowest BCUT2D eigenvalue weighted by Gasteiger charge is -2.44. The van der Waals surface area contributed by atoms with Crippen LogP contribution in [0.25, 0.3) is 0 Å². The summed E-state index contributed by atoms with van der Waals surface area (Å²) in [6.07, 6.45) is 13.9. The van der Waals surface area contributed by atoms with E-state index in [2.05, 4.69) is 6.92 Å². The third kappa shape index (κ3) is 5.46. The van der Waals surface area contributed by atoms with Gasteiger partial charge in [0.2, 0.25) is 0 Å². The first-order valence-corrected chi connectivity index (χ1v) is 11.9. The van der Waals surface area contributed by atoms with Gasteiger partial charge in [0.25, 0.3) is 0 Å². The summed E-state index contributed by atoms with van der Waals surface area (Å²) in [7, 11) is 1.77. The molecule has 3 fully saturated rings. The molecule has 1 nitrogen and oxygen atoms in total. The van der Waals surface area contributed by atoms with Crippen molar-refractivity contribution in [3.05, 3.63) is 0 Å². The minimum absolute atomic E-state index is 0.0110. The van der Waals surface area contributed by atoms with Gasteiger partial charge in [0.05, 0.1) is 6.10 Å². The number of halogens is 2. The van der Waals surface area contributed by atoms with Gasteiger partial charge in [-0.2, -0.15) is 0 Å². The van der Waals surface area contributed by atoms with Crippen LogP contribution >= 0.6 is 0 Å². The standard InChI is InChI=1S/C24H42F2O/c1-3-4-5-6-17-7-9-18(10-8-17)21-15-16-22(24(26)23(21)25)19-11-13-20(27-2)14-12-19/h17-24H,3-16H2,1-2H3. The highest BCUT2D eigenvalue weighted by Gasteiger charge is 2.46. The number of rotatable bonds is 7. The van der Waals surface area contributed by atoms with E-state index in [4.69, 9.17) is 4.74 Å². The van der Waals surface area contributed by atoms with E-state index in [9.17, 15) is 0 Å². The van der Waals surface area contributed by atoms with Crippen LogP contribution in [0, 0.1) is 29.6 Å². The first-order valence-electron chi connectivity index (χ1n) is 11.9. The largest absolute Gasteiger partial charge is 0.381 e. The summed E-state index contributed by atoms with van der Waals surface area (Å²) in [5.74, 6) is 1.60. The molecule has 0 aromatic rings. The number of hydrogen-bond donors (Lipinski definition) is 0. The third-order valence-electron chi connectivity index (χ3n) is 8.33. The van der Waals surface area contributed by atoms with E-state index in [1.807, 2.05) is 0 Å². The third-order valence-corrected chi connectivity index (χ3v) is 8.33. The molecule has 0 aliphatic heterocycles. The maximum absolute atomic E-state index is 15.1. The Morgan fingerprint density at radius 3 is 1.70 bits per heavy atom. The molecule has 0 spiro atoms. The quantitative estimate of drug-likeness (QED) is 0.419. The topological polar surface area (TPSA) is 9.23 Å². The Balaban J connectivity index is 1.45. The Labute approximate surface area is 166 Å². The second-order valence-corrected chi connectivity index (χ2v) is 9.84. The Kier molecular flexibility index (Phi) is 8.42. The molecule has 0 aromatic heterocycles. The van der Waals surface area contributed by atoms with E-state index in [-0.39, 0.29) is 11.8 Å². The van der Waals surface area contributed by atoms with E-state index in [0.29, 0.717) is 17.9 Å². The van der Waals surface area contributed by atoms with Gasteiger partial charge in [-0.25, -0.2) is 8.78 Å². The van der Waals surface area contributed by atoms with Gasteiger partial charge in [-0.3, -0.25) is 0 Å². The van der Waals surface area contributed by atoms with Crippen molar-refractivity contribution < 1.29 is 13.5 Å². The number of hydrogen-bond acceptors (Lipinski definition) is 1. The molecule has 3 aliphatic carbocycles. The second-order valence-electron chi connectivity index (χ2n) is 9.84. The van der Waals surface area contributed by atoms with Gasteiger partial charge < -0.3 is 4.74 Å². The highest BCUT2D eigenvalue weighted by Crippen LogP contribution is 2.48. The van der Waals surface area contributed by atoms with Crippen LogP contribution < -0.4 is 0 Å². The highest BCUT2D eigenvalue weighted by molar-refractivity contribution is 4.95. The normalized spacial score (nSPS) is 43.6. The zero-order valence-electron chi connectivity index (χ0n) is 17.7. The van der Waals surface area contributed by atoms with Crippen LogP contribution in [0.5, 0.6) is 0 Å². The smallest absolute Gasteiger partial charge is 0.134 e. The van der Waals surface area contributed by atoms with E-state index in [0.717, 1.165) is 57.3 Å². The zero-order valence-corrected chi connectivity index (χ0v) is 17.7. The van der Waals surface area contributed by atoms with Crippen LogP contribution in [0.2, 0.25) is 0 Å². The summed E-state index contributed by atoms with van der Waals surface area (Å²) in [5, 5.41) is 0. The SMILES string of the molecule is CCCCCC1CCC(C2CCC(C3CCC(OC)CC3)C(F)C2F)CC1. The van der Waals surface area contributed by atoms with Crippen molar-refractivity contribution in [2.75, 3.05) is 7.11 Å². The fourth-order valence-corrected chi connectivity index (χ4v) is 6.51. The summed E-state index contributed by atoms with van der Waals surface area (Å²) in [4.78, 5) is 0. The van der Waals surface area contributed by atoms with Gasteiger partial charge in [-0.05, 0) is 81.0 Å². The van der Waals surface area contributed by atoms with Gasteiger partial charge in [0, 0.05) is 7.11 Å². The van der Waals surface area contributed by atoms with Gasteiger partial charge in [-0.15, -0.1) is 0 Å². The molecule has 158 valence electrons. The molecule has 0 amide bonds. The Morgan fingerprint density at radius 1 is 0.704 bits per heavy atom. The number of alkyl halides is 2. The fourth-order valence-electron chi connectivity index (χ4n) is 6.51. The van der Waals surface area contributed by atoms with Gasteiger partial charge in [-0.1, -0.05) is 45.4 Å². The molecule has 4 unspecified atom stereocenters. The molecule has 27 heavy (non-hydrogen) atoms. The van der Waals surface area contributed by atoms with Gasteiger partial charge >= 0.3 is 0 Å². The average Bonchev–Trinajstić information content (AvgIpc) is 2.71. The van der Waals surface area contributed by atoms with Crippen LogP contribution in [-0.2, 0) is 4.74 Å². The average molecular weight is 385 g/mol. The number of ether oxygens (including phenoxy) is 1. The van der Waals surface area contributed by atoms with Crippen LogP contribution in [0.4, 0.5) is 8.78 Å². The number of methoxy groups -OCH3 is 1. The summed E-state index contributed by atoms with van der Waals surface area (Å²) < 4.78 is 35.6. The molecule has 0 bridgehead atoms. The fraction of sp³-hybridized carbons (Fsp3) is 1.00. The Bertz CT molecular complexity index is 413. The molecule has 0 N–H and O–H groups in total. The van der Waals surface area contributed by atoms with Crippen LogP contribution in [0.3, 0.4) is 0 Å². The molecule has 3 rings (SSSR count). The Hall–Kier alpha value is -0.180. The predicted octanol–water partition coefficient (Wildman–Crippen LogP) is 7.28. The summed E-state index contributed by atoms with van der Waals surface area (Å²) in [6.45, 7) is 2.26. The van der Waals surface area contributed by atoms with Crippen molar-refractivity contribution in [1.82, 2.24) is 0 Å². The second kappa shape index (κ2) is 10.6. The highest BCUT2D eigenvalue weighted by atomic mass is 19.2. The summed E-state index contributed by atoms with van der Waals surface area (Å²) in [6, 6.07) is 0. The van der Waals surface area contributed by atoms with Crippen LogP contribution in [-0.4, -0.2) is 25.6 Å². The Morgan fingerprint density at radius 2 is 1.22 bits per heavy atom. The number of unbranched alkanes of at least 4 members (excludes halogenated alkanes) is 2. The molecule has 3 aliphatic rings. The molecule has 0 saturated heterocycles. The zero-order chi connectivity index (χ0) is 19.2. The van der Waals surface area contributed by atoms with E-state index in [1.165, 1.54) is 38.5 Å². The van der Waals surface area contributed by atoms with Crippen LogP contribution in [0.1, 0.15) is 96.8 Å². The molecule has 4 atom stereocenters. The van der Waals surface area contributed by atoms with E-state index < -0.39 is 12.3 Å². The molecule has 0 heterocycles. The molecule has 0 radical (unpaired) electrons. The maximum Gasteiger partial charge on any atom is 0.134 e. The monoisotopic (exact) mass is 384 g/mol. The summed E-state index contributed by atoms with van der Waals surface area (Å²) in [5.41, 5.74) is 0.